The number of pyridine rings is 1. The number of carbonyl (C=O) groups excluding carboxylic acids is 2. The number of nitrogens with one attached hydrogen (secondary N) is 1. The molecular weight excluding hydrogens is 278 g/mol. The number of aldehydes is 1. The number of dihydropyridines is 1. The average molecular weight is 290 g/mol. The van der Waals surface area contributed by atoms with Crippen molar-refractivity contribution in [1.82, 2.24) is 15.2 Å². The van der Waals surface area contributed by atoms with Gasteiger partial charge in [-0.3, -0.25) is 14.6 Å². The highest BCUT2D eigenvalue weighted by atomic mass is 35.5. The normalized spacial score (nSPS) is 17.2. The molecule has 0 fully saturated rings. The predicted molar refractivity (Wildman–Crippen MR) is 74.4 cm³/mol. The monoisotopic (exact) mass is 289 g/mol. The second-order valence-corrected chi connectivity index (χ2v) is 5.15. The lowest BCUT2D eigenvalue weighted by Crippen LogP contribution is -2.30. The van der Waals surface area contributed by atoms with E-state index in [1.165, 1.54) is 6.20 Å². The van der Waals surface area contributed by atoms with Crippen LogP contribution in [-0.2, 0) is 6.54 Å². The molecule has 1 N–H and O–H groups in total. The van der Waals surface area contributed by atoms with Gasteiger partial charge in [0, 0.05) is 43.2 Å². The SMILES string of the molecule is O=Cc1nccc2c1CN(CC1=CC(Cl)=CNC1)C2=O. The molecule has 6 heteroatoms. The van der Waals surface area contributed by atoms with Gasteiger partial charge in [0.25, 0.3) is 5.91 Å². The molecule has 0 aromatic carbocycles. The third-order valence-corrected chi connectivity index (χ3v) is 3.59. The van der Waals surface area contributed by atoms with Crippen LogP contribution >= 0.6 is 11.6 Å². The fourth-order valence-electron chi connectivity index (χ4n) is 2.45. The van der Waals surface area contributed by atoms with Gasteiger partial charge in [0.05, 0.1) is 5.03 Å². The number of hydrogen-bond donors (Lipinski definition) is 1. The molecule has 0 saturated carbocycles. The Labute approximate surface area is 120 Å². The Morgan fingerprint density at radius 2 is 2.35 bits per heavy atom. The van der Waals surface area contributed by atoms with Gasteiger partial charge in [0.15, 0.2) is 6.29 Å². The molecule has 0 radical (unpaired) electrons. The Morgan fingerprint density at radius 1 is 1.50 bits per heavy atom. The summed E-state index contributed by atoms with van der Waals surface area (Å²) in [5, 5.41) is 3.66. The van der Waals surface area contributed by atoms with E-state index in [-0.39, 0.29) is 5.91 Å². The molecule has 3 rings (SSSR count). The Hall–Kier alpha value is -2.14. The van der Waals surface area contributed by atoms with Crippen LogP contribution in [0, 0.1) is 0 Å². The number of fused-ring (bicyclic) bond motifs is 1. The maximum Gasteiger partial charge on any atom is 0.254 e. The first kappa shape index (κ1) is 12.9. The lowest BCUT2D eigenvalue weighted by molar-refractivity contribution is 0.0791. The van der Waals surface area contributed by atoms with Gasteiger partial charge >= 0.3 is 0 Å². The van der Waals surface area contributed by atoms with E-state index in [2.05, 4.69) is 10.3 Å². The molecule has 1 aromatic heterocycles. The Bertz CT molecular complexity index is 652. The first-order valence-electron chi connectivity index (χ1n) is 6.20. The largest absolute Gasteiger partial charge is 0.386 e. The number of nitrogens with zero attached hydrogens (tertiary/aromatic N) is 2. The van der Waals surface area contributed by atoms with Crippen molar-refractivity contribution in [3.8, 4) is 0 Å². The minimum Gasteiger partial charge on any atom is -0.386 e. The molecular formula is C14H12ClN3O2. The van der Waals surface area contributed by atoms with Crippen LogP contribution in [0.25, 0.3) is 0 Å². The highest BCUT2D eigenvalue weighted by Crippen LogP contribution is 2.25. The van der Waals surface area contributed by atoms with Crippen molar-refractivity contribution in [2.24, 2.45) is 0 Å². The van der Waals surface area contributed by atoms with Gasteiger partial charge in [0.1, 0.15) is 5.69 Å². The Kier molecular flexibility index (Phi) is 3.28. The lowest BCUT2D eigenvalue weighted by Gasteiger charge is -2.20. The highest BCUT2D eigenvalue weighted by Gasteiger charge is 2.30. The third-order valence-electron chi connectivity index (χ3n) is 3.37. The zero-order valence-corrected chi connectivity index (χ0v) is 11.4. The second kappa shape index (κ2) is 5.09. The molecule has 2 aliphatic rings. The van der Waals surface area contributed by atoms with Crippen LogP contribution < -0.4 is 5.32 Å². The molecule has 2 aliphatic heterocycles. The van der Waals surface area contributed by atoms with Gasteiger partial charge in [-0.2, -0.15) is 0 Å². The fraction of sp³-hybridized carbons (Fsp3) is 0.214. The van der Waals surface area contributed by atoms with Crippen molar-refractivity contribution in [2.75, 3.05) is 13.1 Å². The molecule has 0 aliphatic carbocycles. The van der Waals surface area contributed by atoms with Gasteiger partial charge in [-0.1, -0.05) is 11.6 Å². The summed E-state index contributed by atoms with van der Waals surface area (Å²) in [6.07, 6.45) is 5.76. The molecule has 0 bridgehead atoms. The van der Waals surface area contributed by atoms with Crippen LogP contribution in [-0.4, -0.2) is 35.2 Å². The summed E-state index contributed by atoms with van der Waals surface area (Å²) in [5.74, 6) is -0.0722. The predicted octanol–water partition coefficient (Wildman–Crippen LogP) is 1.46. The Balaban J connectivity index is 1.84. The minimum absolute atomic E-state index is 0.0722. The van der Waals surface area contributed by atoms with E-state index < -0.39 is 0 Å². The molecule has 3 heterocycles. The smallest absolute Gasteiger partial charge is 0.254 e. The van der Waals surface area contributed by atoms with Crippen molar-refractivity contribution in [2.45, 2.75) is 6.54 Å². The summed E-state index contributed by atoms with van der Waals surface area (Å²) in [7, 11) is 0. The number of carbonyl (C=O) groups is 2. The Morgan fingerprint density at radius 3 is 3.10 bits per heavy atom. The van der Waals surface area contributed by atoms with Gasteiger partial charge in [-0.05, 0) is 17.7 Å². The number of hydrogen-bond acceptors (Lipinski definition) is 4. The van der Waals surface area contributed by atoms with Crippen molar-refractivity contribution in [3.05, 3.63) is 52.0 Å². The molecule has 20 heavy (non-hydrogen) atoms. The van der Waals surface area contributed by atoms with E-state index in [0.717, 1.165) is 5.57 Å². The maximum atomic E-state index is 12.3. The molecule has 1 aromatic rings. The number of rotatable bonds is 3. The average Bonchev–Trinajstić information content (AvgIpc) is 2.76. The first-order valence-corrected chi connectivity index (χ1v) is 6.57. The summed E-state index contributed by atoms with van der Waals surface area (Å²) in [4.78, 5) is 29.0. The van der Waals surface area contributed by atoms with Crippen molar-refractivity contribution in [3.63, 3.8) is 0 Å². The van der Waals surface area contributed by atoms with E-state index in [0.29, 0.717) is 47.8 Å². The minimum atomic E-state index is -0.0722. The van der Waals surface area contributed by atoms with Crippen LogP contribution in [0.4, 0.5) is 0 Å². The summed E-state index contributed by atoms with van der Waals surface area (Å²) in [6, 6.07) is 1.66. The third kappa shape index (κ3) is 2.20. The van der Waals surface area contributed by atoms with Gasteiger partial charge < -0.3 is 10.2 Å². The summed E-state index contributed by atoms with van der Waals surface area (Å²) < 4.78 is 0. The van der Waals surface area contributed by atoms with Crippen LogP contribution in [0.3, 0.4) is 0 Å². The molecule has 0 atom stereocenters. The zero-order chi connectivity index (χ0) is 14.1. The lowest BCUT2D eigenvalue weighted by atomic mass is 10.1. The standard InChI is InChI=1S/C14H12ClN3O2/c15-10-3-9(4-16-5-10)6-18-7-12-11(14(18)20)1-2-17-13(12)8-19/h1-3,5,8,16H,4,6-7H2. The highest BCUT2D eigenvalue weighted by molar-refractivity contribution is 6.31. The molecule has 5 nitrogen and oxygen atoms in total. The number of allylic oxidation sites excluding steroid dienone is 2. The molecule has 0 saturated heterocycles. The van der Waals surface area contributed by atoms with Gasteiger partial charge in [0.2, 0.25) is 0 Å². The number of amides is 1. The van der Waals surface area contributed by atoms with Gasteiger partial charge in [-0.15, -0.1) is 0 Å². The maximum absolute atomic E-state index is 12.3. The summed E-state index contributed by atoms with van der Waals surface area (Å²) in [5.41, 5.74) is 2.64. The second-order valence-electron chi connectivity index (χ2n) is 4.71. The van der Waals surface area contributed by atoms with Crippen LogP contribution in [0.2, 0.25) is 0 Å². The quantitative estimate of drug-likeness (QED) is 0.856. The first-order chi connectivity index (χ1) is 9.69. The van der Waals surface area contributed by atoms with E-state index in [1.807, 2.05) is 6.08 Å². The number of halogens is 1. The van der Waals surface area contributed by atoms with E-state index in [1.54, 1.807) is 17.2 Å². The molecule has 0 spiro atoms. The van der Waals surface area contributed by atoms with E-state index >= 15 is 0 Å². The van der Waals surface area contributed by atoms with E-state index in [9.17, 15) is 9.59 Å². The summed E-state index contributed by atoms with van der Waals surface area (Å²) in [6.45, 7) is 1.56. The van der Waals surface area contributed by atoms with Crippen LogP contribution in [0.1, 0.15) is 26.4 Å². The molecule has 102 valence electrons. The van der Waals surface area contributed by atoms with Crippen molar-refractivity contribution >= 4 is 23.8 Å². The van der Waals surface area contributed by atoms with Crippen molar-refractivity contribution in [1.29, 1.82) is 0 Å². The fourth-order valence-corrected chi connectivity index (χ4v) is 2.68. The van der Waals surface area contributed by atoms with Crippen LogP contribution in [0.5, 0.6) is 0 Å². The summed E-state index contributed by atoms with van der Waals surface area (Å²) >= 11 is 5.93. The number of aromatic nitrogens is 1. The molecule has 0 unspecified atom stereocenters. The van der Waals surface area contributed by atoms with Crippen LogP contribution in [0.15, 0.2) is 35.1 Å². The topological polar surface area (TPSA) is 62.3 Å². The van der Waals surface area contributed by atoms with Crippen molar-refractivity contribution < 1.29 is 9.59 Å². The molecule has 1 amide bonds. The zero-order valence-electron chi connectivity index (χ0n) is 10.6. The van der Waals surface area contributed by atoms with Gasteiger partial charge in [-0.25, -0.2) is 0 Å². The van der Waals surface area contributed by atoms with E-state index in [4.69, 9.17) is 11.6 Å².